The lowest BCUT2D eigenvalue weighted by molar-refractivity contribution is 0.0600. The first-order chi connectivity index (χ1) is 11.7. The number of carbonyl (C=O) groups excluding carboxylic acids is 1. The number of unbranched alkanes of at least 4 members (excludes halogenated alkanes) is 3. The van der Waals surface area contributed by atoms with E-state index in [-0.39, 0.29) is 5.97 Å². The molecule has 2 aromatic rings. The lowest BCUT2D eigenvalue weighted by Gasteiger charge is -2.13. The van der Waals surface area contributed by atoms with Crippen molar-refractivity contribution in [2.24, 2.45) is 0 Å². The van der Waals surface area contributed by atoms with Crippen LogP contribution in [-0.2, 0) is 4.74 Å². The second-order valence-electron chi connectivity index (χ2n) is 5.59. The van der Waals surface area contributed by atoms with Crippen molar-refractivity contribution in [3.05, 3.63) is 52.5 Å². The number of halogens is 1. The van der Waals surface area contributed by atoms with Crippen molar-refractivity contribution < 1.29 is 9.53 Å². The number of methoxy groups -OCH3 is 1. The van der Waals surface area contributed by atoms with E-state index in [9.17, 15) is 4.79 Å². The number of hydrogen-bond donors (Lipinski definition) is 0. The lowest BCUT2D eigenvalue weighted by Crippen LogP contribution is -2.05. The summed E-state index contributed by atoms with van der Waals surface area (Å²) in [5, 5.41) is 0. The summed E-state index contributed by atoms with van der Waals surface area (Å²) in [4.78, 5) is 13.4. The molecule has 4 heteroatoms. The van der Waals surface area contributed by atoms with E-state index in [0.717, 1.165) is 21.4 Å². The third-order valence-corrected chi connectivity index (χ3v) is 5.49. The third kappa shape index (κ3) is 5.12. The number of hydrogen-bond acceptors (Lipinski definition) is 3. The SMILES string of the molecule is CCCCCCSc1cc(Br)c(C(=O)OC)c(-c2ccccc2)c1. The zero-order chi connectivity index (χ0) is 17.4. The number of thioether (sulfide) groups is 1. The molecule has 0 aliphatic carbocycles. The summed E-state index contributed by atoms with van der Waals surface area (Å²) in [6.07, 6.45) is 5.04. The molecule has 0 atom stereocenters. The Bertz CT molecular complexity index is 671. The minimum absolute atomic E-state index is 0.319. The van der Waals surface area contributed by atoms with Crippen LogP contribution >= 0.6 is 27.7 Å². The fourth-order valence-corrected chi connectivity index (χ4v) is 4.30. The van der Waals surface area contributed by atoms with E-state index in [2.05, 4.69) is 28.9 Å². The van der Waals surface area contributed by atoms with Gasteiger partial charge in [-0.15, -0.1) is 11.8 Å². The Morgan fingerprint density at radius 2 is 1.88 bits per heavy atom. The molecule has 2 rings (SSSR count). The van der Waals surface area contributed by atoms with Crippen LogP contribution in [0.15, 0.2) is 51.8 Å². The maximum absolute atomic E-state index is 12.2. The first kappa shape index (κ1) is 19.1. The Morgan fingerprint density at radius 1 is 1.12 bits per heavy atom. The Labute approximate surface area is 157 Å². The molecule has 0 fully saturated rings. The molecule has 0 spiro atoms. The summed E-state index contributed by atoms with van der Waals surface area (Å²) in [6.45, 7) is 2.22. The average Bonchev–Trinajstić information content (AvgIpc) is 2.61. The van der Waals surface area contributed by atoms with E-state index in [4.69, 9.17) is 4.74 Å². The lowest BCUT2D eigenvalue weighted by atomic mass is 10.00. The van der Waals surface area contributed by atoms with Gasteiger partial charge in [0.15, 0.2) is 0 Å². The van der Waals surface area contributed by atoms with Crippen LogP contribution in [-0.4, -0.2) is 18.8 Å². The van der Waals surface area contributed by atoms with Crippen LogP contribution in [0.4, 0.5) is 0 Å². The van der Waals surface area contributed by atoms with Crippen molar-refractivity contribution in [2.45, 2.75) is 37.5 Å². The summed E-state index contributed by atoms with van der Waals surface area (Å²) in [5.74, 6) is 0.776. The molecule has 0 aromatic heterocycles. The third-order valence-electron chi connectivity index (χ3n) is 3.80. The highest BCUT2D eigenvalue weighted by molar-refractivity contribution is 9.10. The van der Waals surface area contributed by atoms with Gasteiger partial charge in [0.25, 0.3) is 0 Å². The van der Waals surface area contributed by atoms with Crippen molar-refractivity contribution in [3.63, 3.8) is 0 Å². The quantitative estimate of drug-likeness (QED) is 0.281. The number of esters is 1. The monoisotopic (exact) mass is 406 g/mol. The van der Waals surface area contributed by atoms with E-state index >= 15 is 0 Å². The van der Waals surface area contributed by atoms with Crippen LogP contribution in [0.5, 0.6) is 0 Å². The molecule has 0 saturated heterocycles. The molecule has 0 unspecified atom stereocenters. The summed E-state index contributed by atoms with van der Waals surface area (Å²) in [6, 6.07) is 14.1. The van der Waals surface area contributed by atoms with Gasteiger partial charge in [-0.1, -0.05) is 56.5 Å². The predicted molar refractivity (Wildman–Crippen MR) is 106 cm³/mol. The molecule has 0 aliphatic heterocycles. The molecule has 24 heavy (non-hydrogen) atoms. The van der Waals surface area contributed by atoms with Crippen LogP contribution in [0.2, 0.25) is 0 Å². The van der Waals surface area contributed by atoms with Crippen molar-refractivity contribution in [3.8, 4) is 11.1 Å². The largest absolute Gasteiger partial charge is 0.465 e. The van der Waals surface area contributed by atoms with Gasteiger partial charge in [-0.05, 0) is 51.4 Å². The summed E-state index contributed by atoms with van der Waals surface area (Å²) in [5.41, 5.74) is 2.51. The van der Waals surface area contributed by atoms with Gasteiger partial charge in [-0.25, -0.2) is 4.79 Å². The molecule has 0 radical (unpaired) electrons. The van der Waals surface area contributed by atoms with Gasteiger partial charge in [-0.3, -0.25) is 0 Å². The van der Waals surface area contributed by atoms with Crippen LogP contribution in [0.25, 0.3) is 11.1 Å². The van der Waals surface area contributed by atoms with Crippen molar-refractivity contribution in [1.29, 1.82) is 0 Å². The Kier molecular flexibility index (Phi) is 7.86. The number of carbonyl (C=O) groups is 1. The molecule has 0 N–H and O–H groups in total. The maximum atomic E-state index is 12.2. The van der Waals surface area contributed by atoms with Gasteiger partial charge in [0, 0.05) is 9.37 Å². The van der Waals surface area contributed by atoms with E-state index in [1.807, 2.05) is 48.2 Å². The average molecular weight is 407 g/mol. The van der Waals surface area contributed by atoms with Crippen molar-refractivity contribution in [2.75, 3.05) is 12.9 Å². The Morgan fingerprint density at radius 3 is 2.54 bits per heavy atom. The van der Waals surface area contributed by atoms with Crippen LogP contribution < -0.4 is 0 Å². The zero-order valence-corrected chi connectivity index (χ0v) is 16.6. The minimum atomic E-state index is -0.319. The number of ether oxygens (including phenoxy) is 1. The predicted octanol–water partition coefficient (Wildman–Crippen LogP) is 6.58. The molecular formula is C20H23BrO2S. The topological polar surface area (TPSA) is 26.3 Å². The molecule has 2 aromatic carbocycles. The van der Waals surface area contributed by atoms with Gasteiger partial charge in [0.1, 0.15) is 0 Å². The van der Waals surface area contributed by atoms with E-state index < -0.39 is 0 Å². The van der Waals surface area contributed by atoms with Gasteiger partial charge in [0.2, 0.25) is 0 Å². The fourth-order valence-electron chi connectivity index (χ4n) is 2.54. The summed E-state index contributed by atoms with van der Waals surface area (Å²) < 4.78 is 5.75. The van der Waals surface area contributed by atoms with E-state index in [1.165, 1.54) is 37.7 Å². The molecule has 0 bridgehead atoms. The normalized spacial score (nSPS) is 10.6. The highest BCUT2D eigenvalue weighted by Gasteiger charge is 2.18. The molecule has 2 nitrogen and oxygen atoms in total. The van der Waals surface area contributed by atoms with E-state index in [1.54, 1.807) is 0 Å². The summed E-state index contributed by atoms with van der Waals surface area (Å²) >= 11 is 5.40. The van der Waals surface area contributed by atoms with Crippen molar-refractivity contribution in [1.82, 2.24) is 0 Å². The Hall–Kier alpha value is -1.26. The molecule has 0 heterocycles. The van der Waals surface area contributed by atoms with Crippen LogP contribution in [0.3, 0.4) is 0 Å². The highest BCUT2D eigenvalue weighted by atomic mass is 79.9. The first-order valence-corrected chi connectivity index (χ1v) is 10.0. The number of rotatable bonds is 8. The fraction of sp³-hybridized carbons (Fsp3) is 0.350. The molecule has 128 valence electrons. The number of benzene rings is 2. The summed E-state index contributed by atoms with van der Waals surface area (Å²) in [7, 11) is 1.42. The van der Waals surface area contributed by atoms with E-state index in [0.29, 0.717) is 5.56 Å². The van der Waals surface area contributed by atoms with Gasteiger partial charge < -0.3 is 4.74 Å². The first-order valence-electron chi connectivity index (χ1n) is 8.27. The standard InChI is InChI=1S/C20H23BrO2S/c1-3-4-5-9-12-24-16-13-17(15-10-7-6-8-11-15)19(18(21)14-16)20(22)23-2/h6-8,10-11,13-14H,3-5,9,12H2,1-2H3. The minimum Gasteiger partial charge on any atom is -0.465 e. The molecule has 0 saturated carbocycles. The smallest absolute Gasteiger partial charge is 0.339 e. The highest BCUT2D eigenvalue weighted by Crippen LogP contribution is 2.35. The molecule has 0 amide bonds. The van der Waals surface area contributed by atoms with Gasteiger partial charge >= 0.3 is 5.97 Å². The van der Waals surface area contributed by atoms with Gasteiger partial charge in [-0.2, -0.15) is 0 Å². The second kappa shape index (κ2) is 9.90. The van der Waals surface area contributed by atoms with Gasteiger partial charge in [0.05, 0.1) is 12.7 Å². The zero-order valence-electron chi connectivity index (χ0n) is 14.2. The second-order valence-corrected chi connectivity index (χ2v) is 7.62. The maximum Gasteiger partial charge on any atom is 0.339 e. The van der Waals surface area contributed by atoms with Crippen molar-refractivity contribution >= 4 is 33.7 Å². The van der Waals surface area contributed by atoms with Crippen LogP contribution in [0.1, 0.15) is 43.0 Å². The Balaban J connectivity index is 2.29. The molecular weight excluding hydrogens is 384 g/mol. The van der Waals surface area contributed by atoms with Crippen LogP contribution in [0, 0.1) is 0 Å². The molecule has 0 aliphatic rings.